The molecule has 0 rings (SSSR count). The summed E-state index contributed by atoms with van der Waals surface area (Å²) in [6, 6.07) is 0.317. The molecule has 2 N–H and O–H groups in total. The van der Waals surface area contributed by atoms with Crippen LogP contribution in [0.2, 0.25) is 0 Å². The van der Waals surface area contributed by atoms with E-state index in [0.717, 1.165) is 12.8 Å². The highest BCUT2D eigenvalue weighted by Crippen LogP contribution is 1.93. The number of hydrogen-bond acceptors (Lipinski definition) is 1. The van der Waals surface area contributed by atoms with Crippen molar-refractivity contribution in [3.8, 4) is 0 Å². The van der Waals surface area contributed by atoms with Crippen molar-refractivity contribution in [3.63, 3.8) is 0 Å². The second-order valence-electron chi connectivity index (χ2n) is 1.65. The first kappa shape index (κ1) is 11.4. The van der Waals surface area contributed by atoms with Crippen LogP contribution in [0.25, 0.3) is 0 Å². The Bertz CT molecular complexity index is 41.4. The third-order valence-corrected chi connectivity index (χ3v) is 1.22. The van der Waals surface area contributed by atoms with Crippen molar-refractivity contribution in [2.75, 3.05) is 5.88 Å². The van der Waals surface area contributed by atoms with Gasteiger partial charge in [0.05, 0.1) is 0 Å². The van der Waals surface area contributed by atoms with E-state index in [1.54, 1.807) is 0 Å². The highest BCUT2D eigenvalue weighted by Gasteiger charge is 1.93. The van der Waals surface area contributed by atoms with E-state index in [-0.39, 0.29) is 12.4 Å². The lowest BCUT2D eigenvalue weighted by Gasteiger charge is -2.02. The number of alkyl halides is 1. The van der Waals surface area contributed by atoms with Crippen molar-refractivity contribution >= 4 is 24.0 Å². The number of halogens is 2. The minimum atomic E-state index is 0. The van der Waals surface area contributed by atoms with Crippen LogP contribution in [0.3, 0.4) is 0 Å². The summed E-state index contributed by atoms with van der Waals surface area (Å²) in [4.78, 5) is 0. The quantitative estimate of drug-likeness (QED) is 0.622. The predicted molar refractivity (Wildman–Crippen MR) is 40.9 cm³/mol. The Balaban J connectivity index is 0. The second kappa shape index (κ2) is 7.54. The van der Waals surface area contributed by atoms with Crippen LogP contribution in [0.4, 0.5) is 0 Å². The molecule has 52 valence electrons. The fraction of sp³-hybridized carbons (Fsp3) is 1.00. The zero-order chi connectivity index (χ0) is 5.70. The monoisotopic (exact) mass is 157 g/mol. The lowest BCUT2D eigenvalue weighted by atomic mass is 10.2. The molecule has 0 saturated carbocycles. The molecule has 0 radical (unpaired) electrons. The maximum absolute atomic E-state index is 5.50. The van der Waals surface area contributed by atoms with Gasteiger partial charge < -0.3 is 5.73 Å². The summed E-state index contributed by atoms with van der Waals surface area (Å²) in [6.45, 7) is 2.07. The van der Waals surface area contributed by atoms with Gasteiger partial charge in [0.15, 0.2) is 0 Å². The molecule has 3 heteroatoms. The Morgan fingerprint density at radius 1 is 1.62 bits per heavy atom. The average Bonchev–Trinajstić information content (AvgIpc) is 1.68. The van der Waals surface area contributed by atoms with Crippen LogP contribution in [-0.4, -0.2) is 11.9 Å². The van der Waals surface area contributed by atoms with Gasteiger partial charge in [-0.15, -0.1) is 24.0 Å². The smallest absolute Gasteiger partial charge is 0.0238 e. The van der Waals surface area contributed by atoms with Crippen molar-refractivity contribution in [2.45, 2.75) is 25.8 Å². The van der Waals surface area contributed by atoms with Crippen molar-refractivity contribution in [3.05, 3.63) is 0 Å². The van der Waals surface area contributed by atoms with Crippen molar-refractivity contribution in [1.82, 2.24) is 0 Å². The fourth-order valence-corrected chi connectivity index (χ4v) is 0.625. The van der Waals surface area contributed by atoms with E-state index < -0.39 is 0 Å². The second-order valence-corrected chi connectivity index (χ2v) is 2.02. The van der Waals surface area contributed by atoms with E-state index >= 15 is 0 Å². The van der Waals surface area contributed by atoms with Crippen LogP contribution < -0.4 is 5.73 Å². The van der Waals surface area contributed by atoms with E-state index in [0.29, 0.717) is 11.9 Å². The van der Waals surface area contributed by atoms with E-state index in [4.69, 9.17) is 17.3 Å². The number of nitrogens with two attached hydrogens (primary N) is 1. The molecule has 0 aliphatic carbocycles. The first-order chi connectivity index (χ1) is 3.31. The van der Waals surface area contributed by atoms with Gasteiger partial charge in [-0.05, 0) is 12.8 Å². The minimum Gasteiger partial charge on any atom is -0.328 e. The van der Waals surface area contributed by atoms with E-state index in [9.17, 15) is 0 Å². The molecule has 0 spiro atoms. The number of rotatable bonds is 3. The SMILES string of the molecule is CCC(N)CCCl.Cl. The zero-order valence-electron chi connectivity index (χ0n) is 5.06. The normalized spacial score (nSPS) is 12.4. The van der Waals surface area contributed by atoms with Crippen molar-refractivity contribution in [2.24, 2.45) is 5.73 Å². The van der Waals surface area contributed by atoms with Crippen LogP contribution in [0, 0.1) is 0 Å². The highest BCUT2D eigenvalue weighted by molar-refractivity contribution is 6.17. The molecule has 1 unspecified atom stereocenters. The van der Waals surface area contributed by atoms with Crippen molar-refractivity contribution < 1.29 is 0 Å². The lowest BCUT2D eigenvalue weighted by molar-refractivity contribution is 0.632. The van der Waals surface area contributed by atoms with Gasteiger partial charge in [-0.2, -0.15) is 0 Å². The van der Waals surface area contributed by atoms with Gasteiger partial charge >= 0.3 is 0 Å². The Hall–Kier alpha value is 0.540. The molecule has 1 atom stereocenters. The largest absolute Gasteiger partial charge is 0.328 e. The molecule has 8 heavy (non-hydrogen) atoms. The molecule has 0 aromatic carbocycles. The van der Waals surface area contributed by atoms with Crippen LogP contribution >= 0.6 is 24.0 Å². The first-order valence-electron chi connectivity index (χ1n) is 2.62. The van der Waals surface area contributed by atoms with Crippen LogP contribution in [0.1, 0.15) is 19.8 Å². The van der Waals surface area contributed by atoms with Crippen LogP contribution in [0.15, 0.2) is 0 Å². The standard InChI is InChI=1S/C5H12ClN.ClH/c1-2-5(7)3-4-6;/h5H,2-4,7H2,1H3;1H. The molecule has 0 saturated heterocycles. The topological polar surface area (TPSA) is 26.0 Å². The molecule has 0 aliphatic rings. The third-order valence-electron chi connectivity index (χ3n) is 1.00. The first-order valence-corrected chi connectivity index (χ1v) is 3.16. The summed E-state index contributed by atoms with van der Waals surface area (Å²) < 4.78 is 0. The maximum Gasteiger partial charge on any atom is 0.0238 e. The summed E-state index contributed by atoms with van der Waals surface area (Å²) in [6.07, 6.45) is 1.98. The predicted octanol–water partition coefficient (Wildman–Crippen LogP) is 1.77. The third kappa shape index (κ3) is 6.54. The molecule has 0 aliphatic heterocycles. The van der Waals surface area contributed by atoms with Gasteiger partial charge in [0.1, 0.15) is 0 Å². The summed E-state index contributed by atoms with van der Waals surface area (Å²) >= 11 is 5.40. The van der Waals surface area contributed by atoms with E-state index in [1.165, 1.54) is 0 Å². The minimum absolute atomic E-state index is 0. The van der Waals surface area contributed by atoms with Crippen LogP contribution in [0.5, 0.6) is 0 Å². The molecule has 0 amide bonds. The van der Waals surface area contributed by atoms with Gasteiger partial charge in [0.25, 0.3) is 0 Å². The van der Waals surface area contributed by atoms with Crippen molar-refractivity contribution in [1.29, 1.82) is 0 Å². The van der Waals surface area contributed by atoms with Gasteiger partial charge in [0, 0.05) is 11.9 Å². The number of hydrogen-bond donors (Lipinski definition) is 1. The Morgan fingerprint density at radius 2 is 2.12 bits per heavy atom. The van der Waals surface area contributed by atoms with Crippen LogP contribution in [-0.2, 0) is 0 Å². The Labute approximate surface area is 62.0 Å². The Morgan fingerprint density at radius 3 is 2.25 bits per heavy atom. The molecular weight excluding hydrogens is 145 g/mol. The lowest BCUT2D eigenvalue weighted by Crippen LogP contribution is -2.18. The van der Waals surface area contributed by atoms with Gasteiger partial charge in [-0.25, -0.2) is 0 Å². The van der Waals surface area contributed by atoms with E-state index in [2.05, 4.69) is 6.92 Å². The molecule has 0 aromatic heterocycles. The summed E-state index contributed by atoms with van der Waals surface area (Å²) in [5.74, 6) is 0.689. The molecule has 0 fully saturated rings. The summed E-state index contributed by atoms with van der Waals surface area (Å²) in [7, 11) is 0. The summed E-state index contributed by atoms with van der Waals surface area (Å²) in [5.41, 5.74) is 5.50. The molecule has 1 nitrogen and oxygen atoms in total. The highest BCUT2D eigenvalue weighted by atomic mass is 35.5. The zero-order valence-corrected chi connectivity index (χ0v) is 6.63. The van der Waals surface area contributed by atoms with E-state index in [1.807, 2.05) is 0 Å². The molecule has 0 heterocycles. The molecular formula is C5H13Cl2N. The summed E-state index contributed by atoms with van der Waals surface area (Å²) in [5, 5.41) is 0. The Kier molecular flexibility index (Phi) is 10.7. The van der Waals surface area contributed by atoms with Gasteiger partial charge in [-0.3, -0.25) is 0 Å². The fourth-order valence-electron chi connectivity index (χ4n) is 0.344. The maximum atomic E-state index is 5.50. The molecule has 0 aromatic rings. The molecule has 0 bridgehead atoms. The van der Waals surface area contributed by atoms with Gasteiger partial charge in [0.2, 0.25) is 0 Å². The van der Waals surface area contributed by atoms with Gasteiger partial charge in [-0.1, -0.05) is 6.92 Å². The average molecular weight is 158 g/mol.